The van der Waals surface area contributed by atoms with E-state index in [1.165, 1.54) is 51.4 Å². The van der Waals surface area contributed by atoms with Crippen LogP contribution in [0, 0.1) is 0 Å². The van der Waals surface area contributed by atoms with Gasteiger partial charge in [-0.15, -0.1) is 0 Å². The Balaban J connectivity index is 0. The van der Waals surface area contributed by atoms with Gasteiger partial charge in [0, 0.05) is 0 Å². The Morgan fingerprint density at radius 1 is 0.864 bits per heavy atom. The van der Waals surface area contributed by atoms with Gasteiger partial charge in [0.25, 0.3) is 0 Å². The fraction of sp³-hybridized carbons (Fsp3) is 1.00. The molecule has 0 rings (SSSR count). The van der Waals surface area contributed by atoms with Crippen molar-refractivity contribution in [1.82, 2.24) is 6.15 Å². The highest BCUT2D eigenvalue weighted by Gasteiger charge is 2.28. The smallest absolute Gasteiger partial charge is 0.344 e. The van der Waals surface area contributed by atoms with Gasteiger partial charge in [0.15, 0.2) is 0 Å². The van der Waals surface area contributed by atoms with Crippen LogP contribution in [0.5, 0.6) is 0 Å². The molecule has 0 bridgehead atoms. The van der Waals surface area contributed by atoms with Gasteiger partial charge in [-0.2, -0.15) is 8.42 Å². The van der Waals surface area contributed by atoms with E-state index in [1.807, 2.05) is 6.92 Å². The molecule has 0 heterocycles. The monoisotopic (exact) mass is 339 g/mol. The van der Waals surface area contributed by atoms with Gasteiger partial charge in [-0.3, -0.25) is 4.55 Å². The molecule has 0 aliphatic heterocycles. The minimum absolute atomic E-state index is 0. The second-order valence-electron chi connectivity index (χ2n) is 6.25. The zero-order chi connectivity index (χ0) is 16.2. The van der Waals surface area contributed by atoms with Crippen LogP contribution in [-0.4, -0.2) is 18.6 Å². The minimum Gasteiger partial charge on any atom is -0.344 e. The lowest BCUT2D eigenvalue weighted by Gasteiger charge is -2.26. The van der Waals surface area contributed by atoms with Gasteiger partial charge in [-0.25, -0.2) is 4.18 Å². The molecule has 0 aliphatic carbocycles. The van der Waals surface area contributed by atoms with E-state index in [2.05, 4.69) is 6.92 Å². The molecule has 0 fully saturated rings. The summed E-state index contributed by atoms with van der Waals surface area (Å²) in [5, 5.41) is 0. The van der Waals surface area contributed by atoms with Crippen molar-refractivity contribution in [1.29, 1.82) is 0 Å². The van der Waals surface area contributed by atoms with Crippen LogP contribution < -0.4 is 6.15 Å². The van der Waals surface area contributed by atoms with Crippen LogP contribution in [0.4, 0.5) is 0 Å². The Hall–Kier alpha value is -0.170. The molecule has 22 heavy (non-hydrogen) atoms. The van der Waals surface area contributed by atoms with Gasteiger partial charge in [0.05, 0.1) is 5.60 Å². The Bertz CT molecular complexity index is 346. The normalized spacial score (nSPS) is 14.4. The molecule has 0 saturated carbocycles. The first-order chi connectivity index (χ1) is 9.83. The highest BCUT2D eigenvalue weighted by Crippen LogP contribution is 2.25. The maximum absolute atomic E-state index is 10.8. The first kappa shape index (κ1) is 24.1. The number of rotatable bonds is 14. The second kappa shape index (κ2) is 13.3. The Morgan fingerprint density at radius 2 is 1.27 bits per heavy atom. The molecule has 136 valence electrons. The van der Waals surface area contributed by atoms with E-state index in [0.29, 0.717) is 12.8 Å². The summed E-state index contributed by atoms with van der Waals surface area (Å²) < 4.78 is 35.2. The molecule has 0 amide bonds. The Kier molecular flexibility index (Phi) is 14.5. The molecule has 0 aromatic rings. The zero-order valence-corrected chi connectivity index (χ0v) is 15.6. The molecule has 4 N–H and O–H groups in total. The highest BCUT2D eigenvalue weighted by atomic mass is 32.3. The number of hydrogen-bond donors (Lipinski definition) is 2. The van der Waals surface area contributed by atoms with E-state index < -0.39 is 16.0 Å². The van der Waals surface area contributed by atoms with Crippen molar-refractivity contribution in [2.75, 3.05) is 0 Å². The van der Waals surface area contributed by atoms with Gasteiger partial charge in [0.2, 0.25) is 0 Å². The molecule has 0 aromatic heterocycles. The molecule has 1 unspecified atom stereocenters. The summed E-state index contributed by atoms with van der Waals surface area (Å²) in [5.74, 6) is 0. The van der Waals surface area contributed by atoms with Gasteiger partial charge < -0.3 is 6.15 Å². The maximum Gasteiger partial charge on any atom is 0.397 e. The third-order valence-electron chi connectivity index (χ3n) is 4.11. The molecule has 0 radical (unpaired) electrons. The fourth-order valence-corrected chi connectivity index (χ4v) is 3.23. The predicted octanol–water partition coefficient (Wildman–Crippen LogP) is 5.45. The van der Waals surface area contributed by atoms with Crippen LogP contribution in [-0.2, 0) is 14.6 Å². The minimum atomic E-state index is -4.36. The van der Waals surface area contributed by atoms with E-state index in [0.717, 1.165) is 12.8 Å². The first-order valence-electron chi connectivity index (χ1n) is 8.51. The van der Waals surface area contributed by atoms with Crippen LogP contribution in [0.15, 0.2) is 0 Å². The summed E-state index contributed by atoms with van der Waals surface area (Å²) in [6, 6.07) is 0. The zero-order valence-electron chi connectivity index (χ0n) is 14.8. The number of unbranched alkanes of at least 4 members (excludes halogenated alkanes) is 9. The van der Waals surface area contributed by atoms with Gasteiger partial charge in [-0.05, 0) is 19.8 Å². The first-order valence-corrected chi connectivity index (χ1v) is 9.87. The van der Waals surface area contributed by atoms with Crippen molar-refractivity contribution in [2.24, 2.45) is 0 Å². The van der Waals surface area contributed by atoms with E-state index in [9.17, 15) is 8.42 Å². The van der Waals surface area contributed by atoms with Gasteiger partial charge in [-0.1, -0.05) is 78.1 Å². The van der Waals surface area contributed by atoms with Crippen LogP contribution in [0.2, 0.25) is 0 Å². The topological polar surface area (TPSA) is 98.6 Å². The standard InChI is InChI=1S/C16H34O4S.H3N/c1-4-6-7-8-9-10-11-12-13-14-15-16(3,5-2)20-21(17,18)19;/h4-15H2,1-3H3,(H,17,18,19);1H3. The highest BCUT2D eigenvalue weighted by molar-refractivity contribution is 7.80. The molecule has 0 aromatic carbocycles. The summed E-state index contributed by atoms with van der Waals surface area (Å²) >= 11 is 0. The molecule has 6 heteroatoms. The van der Waals surface area contributed by atoms with Crippen LogP contribution in [0.1, 0.15) is 97.8 Å². The third kappa shape index (κ3) is 14.8. The van der Waals surface area contributed by atoms with Crippen LogP contribution >= 0.6 is 0 Å². The van der Waals surface area contributed by atoms with E-state index in [1.54, 1.807) is 6.92 Å². The summed E-state index contributed by atoms with van der Waals surface area (Å²) in [4.78, 5) is 0. The average Bonchev–Trinajstić information content (AvgIpc) is 2.39. The van der Waals surface area contributed by atoms with Crippen molar-refractivity contribution in [3.63, 3.8) is 0 Å². The Labute approximate surface area is 137 Å². The molecule has 0 spiro atoms. The van der Waals surface area contributed by atoms with Gasteiger partial charge >= 0.3 is 10.4 Å². The number of hydrogen-bond acceptors (Lipinski definition) is 4. The maximum atomic E-state index is 10.8. The van der Waals surface area contributed by atoms with Gasteiger partial charge in [0.1, 0.15) is 0 Å². The van der Waals surface area contributed by atoms with Crippen molar-refractivity contribution >= 4 is 10.4 Å². The van der Waals surface area contributed by atoms with Crippen molar-refractivity contribution in [2.45, 2.75) is 103 Å². The molecule has 1 atom stereocenters. The summed E-state index contributed by atoms with van der Waals surface area (Å²) in [6.07, 6.45) is 13.7. The third-order valence-corrected chi connectivity index (χ3v) is 4.73. The van der Waals surface area contributed by atoms with Crippen molar-refractivity contribution in [3.8, 4) is 0 Å². The largest absolute Gasteiger partial charge is 0.397 e. The SMILES string of the molecule is CCCCCCCCCCCCC(C)(CC)OS(=O)(=O)O.N. The Morgan fingerprint density at radius 3 is 1.64 bits per heavy atom. The fourth-order valence-electron chi connectivity index (χ4n) is 2.52. The summed E-state index contributed by atoms with van der Waals surface area (Å²) in [7, 11) is -4.36. The van der Waals surface area contributed by atoms with Crippen molar-refractivity contribution in [3.05, 3.63) is 0 Å². The van der Waals surface area contributed by atoms with E-state index >= 15 is 0 Å². The van der Waals surface area contributed by atoms with Crippen LogP contribution in [0.25, 0.3) is 0 Å². The van der Waals surface area contributed by atoms with Crippen molar-refractivity contribution < 1.29 is 17.2 Å². The van der Waals surface area contributed by atoms with Crippen LogP contribution in [0.3, 0.4) is 0 Å². The molecular weight excluding hydrogens is 302 g/mol. The predicted molar refractivity (Wildman–Crippen MR) is 92.8 cm³/mol. The molecule has 0 aliphatic rings. The molecule has 5 nitrogen and oxygen atoms in total. The lowest BCUT2D eigenvalue weighted by Crippen LogP contribution is -2.30. The summed E-state index contributed by atoms with van der Waals surface area (Å²) in [5.41, 5.74) is -0.770. The molecule has 0 saturated heterocycles. The summed E-state index contributed by atoms with van der Waals surface area (Å²) in [6.45, 7) is 5.85. The lowest BCUT2D eigenvalue weighted by atomic mass is 9.95. The lowest BCUT2D eigenvalue weighted by molar-refractivity contribution is 0.0651. The quantitative estimate of drug-likeness (QED) is 0.324. The second-order valence-corrected chi connectivity index (χ2v) is 7.27. The average molecular weight is 340 g/mol. The van der Waals surface area contributed by atoms with E-state index in [4.69, 9.17) is 8.74 Å². The van der Waals surface area contributed by atoms with E-state index in [-0.39, 0.29) is 6.15 Å². The molecular formula is C16H37NO4S.